The Balaban J connectivity index is 2.61. The first-order valence-electron chi connectivity index (χ1n) is 11.8. The zero-order chi connectivity index (χ0) is 26.7. The van der Waals surface area contributed by atoms with Gasteiger partial charge in [-0.25, -0.2) is 0 Å². The van der Waals surface area contributed by atoms with Crippen LogP contribution in [-0.4, -0.2) is 19.6 Å². The summed E-state index contributed by atoms with van der Waals surface area (Å²) in [5, 5.41) is 10.4. The van der Waals surface area contributed by atoms with Gasteiger partial charge in [-0.1, -0.05) is 65.0 Å². The van der Waals surface area contributed by atoms with E-state index in [1.54, 1.807) is 5.92 Å². The van der Waals surface area contributed by atoms with E-state index >= 15 is 0 Å². The number of halogens is 4. The minimum atomic E-state index is -5.32. The van der Waals surface area contributed by atoms with Crippen LogP contribution in [0.1, 0.15) is 65.3 Å². The Morgan fingerprint density at radius 1 is 1.17 bits per heavy atom. The molecule has 0 aromatic heterocycles. The van der Waals surface area contributed by atoms with Crippen molar-refractivity contribution < 1.29 is 28.2 Å². The van der Waals surface area contributed by atoms with Crippen LogP contribution >= 0.6 is 11.6 Å². The maximum absolute atomic E-state index is 14.0. The van der Waals surface area contributed by atoms with Crippen molar-refractivity contribution >= 4 is 25.6 Å². The van der Waals surface area contributed by atoms with Crippen LogP contribution in [0.4, 0.5) is 18.9 Å². The largest absolute Gasteiger partial charge is 0.542 e. The van der Waals surface area contributed by atoms with Crippen LogP contribution < -0.4 is 10.2 Å². The van der Waals surface area contributed by atoms with Crippen LogP contribution in [0.5, 0.6) is 5.75 Å². The molecule has 0 amide bonds. The van der Waals surface area contributed by atoms with Gasteiger partial charge in [-0.2, -0.15) is 13.2 Å². The number of nitrogens with two attached hydrogens (primary N) is 1. The van der Waals surface area contributed by atoms with E-state index in [4.69, 9.17) is 27.2 Å². The molecule has 0 bridgehead atoms. The summed E-state index contributed by atoms with van der Waals surface area (Å²) < 4.78 is 78.5. The third-order valence-electron chi connectivity index (χ3n) is 5.58. The highest BCUT2D eigenvalue weighted by molar-refractivity contribution is 6.78. The maximum atomic E-state index is 14.0. The predicted octanol–water partition coefficient (Wildman–Crippen LogP) is 6.64. The molecule has 2 rings (SSSR count). The van der Waals surface area contributed by atoms with Crippen LogP contribution in [0.2, 0.25) is 21.6 Å². The van der Waals surface area contributed by atoms with Crippen LogP contribution in [0.15, 0.2) is 12.1 Å². The third kappa shape index (κ3) is 4.61. The summed E-state index contributed by atoms with van der Waals surface area (Å²) in [6.45, 7) is 12.2. The van der Waals surface area contributed by atoms with E-state index in [2.05, 4.69) is 0 Å². The molecular weight excluding hydrogens is 431 g/mol. The van der Waals surface area contributed by atoms with Gasteiger partial charge in [0, 0.05) is 28.7 Å². The molecule has 1 aliphatic carbocycles. The maximum Gasteiger partial charge on any atom is 0.433 e. The molecule has 3 nitrogen and oxygen atoms in total. The SMILES string of the molecule is [2H]C1([2H])C(C#CC(O)(c2cc(Cl)c(O[Si](C(C)C)(C(C)C)C(C)C)cc2N)C(F)(F)F)C1([2H])[2H]. The molecule has 1 saturated carbocycles. The molecule has 8 heteroatoms. The first-order chi connectivity index (χ1) is 15.2. The second-order valence-electron chi connectivity index (χ2n) is 8.49. The van der Waals surface area contributed by atoms with Gasteiger partial charge < -0.3 is 15.3 Å². The van der Waals surface area contributed by atoms with E-state index in [1.165, 1.54) is 0 Å². The van der Waals surface area contributed by atoms with Crippen molar-refractivity contribution in [2.24, 2.45) is 5.92 Å². The minimum Gasteiger partial charge on any atom is -0.542 e. The second-order valence-corrected chi connectivity index (χ2v) is 14.3. The molecule has 1 fully saturated rings. The molecule has 1 aromatic rings. The highest BCUT2D eigenvalue weighted by atomic mass is 35.5. The summed E-state index contributed by atoms with van der Waals surface area (Å²) in [5.41, 5.74) is 1.37. The number of hydrogen-bond donors (Lipinski definition) is 2. The molecule has 1 unspecified atom stereocenters. The molecule has 0 aliphatic heterocycles. The van der Waals surface area contributed by atoms with Crippen molar-refractivity contribution in [2.45, 2.75) is 82.7 Å². The normalized spacial score (nSPS) is 22.5. The van der Waals surface area contributed by atoms with Crippen molar-refractivity contribution in [3.63, 3.8) is 0 Å². The van der Waals surface area contributed by atoms with Crippen molar-refractivity contribution in [2.75, 3.05) is 5.73 Å². The average molecular weight is 466 g/mol. The molecule has 30 heavy (non-hydrogen) atoms. The lowest BCUT2D eigenvalue weighted by Gasteiger charge is -2.42. The van der Waals surface area contributed by atoms with Gasteiger partial charge >= 0.3 is 6.18 Å². The fourth-order valence-corrected chi connectivity index (χ4v) is 9.61. The molecule has 168 valence electrons. The van der Waals surface area contributed by atoms with Gasteiger partial charge in [0.1, 0.15) is 5.75 Å². The zero-order valence-electron chi connectivity index (χ0n) is 21.9. The van der Waals surface area contributed by atoms with Crippen LogP contribution in [0.3, 0.4) is 0 Å². The number of aliphatic hydroxyl groups is 1. The Kier molecular flexibility index (Phi) is 5.57. The summed E-state index contributed by atoms with van der Waals surface area (Å²) in [6, 6.07) is 2.02. The fraction of sp³-hybridized carbons (Fsp3) is 0.636. The minimum absolute atomic E-state index is 0.123. The molecule has 1 aromatic carbocycles. The Hall–Kier alpha value is -1.36. The molecule has 0 spiro atoms. The summed E-state index contributed by atoms with van der Waals surface area (Å²) in [4.78, 5) is 0. The van der Waals surface area contributed by atoms with E-state index < -0.39 is 50.0 Å². The van der Waals surface area contributed by atoms with E-state index in [0.717, 1.165) is 12.1 Å². The molecular formula is C22H31ClF3NO2Si. The van der Waals surface area contributed by atoms with Gasteiger partial charge in [0.15, 0.2) is 0 Å². The molecule has 3 N–H and O–H groups in total. The summed E-state index contributed by atoms with van der Waals surface area (Å²) in [7, 11) is -2.51. The number of alkyl halides is 3. The molecule has 1 atom stereocenters. The molecule has 0 saturated heterocycles. The van der Waals surface area contributed by atoms with E-state index in [9.17, 15) is 18.3 Å². The van der Waals surface area contributed by atoms with Crippen molar-refractivity contribution in [1.29, 1.82) is 0 Å². The molecule has 0 heterocycles. The standard InChI is InChI=1S/C22H31ClF3NO2Si/c1-13(2)30(14(3)4,15(5)6)29-20-12-19(27)17(11-18(20)23)21(28,22(24,25)26)10-9-16-7-8-16/h11-16,28H,7-8,27H2,1-6H3/i7D2,8D2. The summed E-state index contributed by atoms with van der Waals surface area (Å²) in [5.74, 6) is 2.08. The van der Waals surface area contributed by atoms with Crippen LogP contribution in [0, 0.1) is 17.8 Å². The quantitative estimate of drug-likeness (QED) is 0.281. The third-order valence-corrected chi connectivity index (χ3v) is 11.9. The summed E-state index contributed by atoms with van der Waals surface area (Å²) >= 11 is 6.34. The Labute approximate surface area is 188 Å². The zero-order valence-corrected chi connectivity index (χ0v) is 19.7. The topological polar surface area (TPSA) is 55.5 Å². The van der Waals surface area contributed by atoms with Gasteiger partial charge in [0.2, 0.25) is 5.60 Å². The lowest BCUT2D eigenvalue weighted by Crippen LogP contribution is -2.50. The number of rotatable bonds is 6. The first kappa shape index (κ1) is 19.3. The molecule has 1 aliphatic rings. The number of anilines is 1. The van der Waals surface area contributed by atoms with Crippen LogP contribution in [-0.2, 0) is 5.60 Å². The first-order valence-corrected chi connectivity index (χ1v) is 12.3. The van der Waals surface area contributed by atoms with E-state index in [1.807, 2.05) is 47.5 Å². The Morgan fingerprint density at radius 3 is 2.07 bits per heavy atom. The monoisotopic (exact) mass is 465 g/mol. The van der Waals surface area contributed by atoms with E-state index in [0.29, 0.717) is 0 Å². The van der Waals surface area contributed by atoms with Gasteiger partial charge in [-0.05, 0) is 35.4 Å². The van der Waals surface area contributed by atoms with Crippen molar-refractivity contribution in [1.82, 2.24) is 0 Å². The van der Waals surface area contributed by atoms with Crippen LogP contribution in [0.25, 0.3) is 0 Å². The molecule has 0 radical (unpaired) electrons. The Bertz CT molecular complexity index is 973. The second kappa shape index (κ2) is 8.64. The fourth-order valence-electron chi connectivity index (χ4n) is 4.09. The van der Waals surface area contributed by atoms with Gasteiger partial charge in [-0.15, -0.1) is 0 Å². The highest BCUT2D eigenvalue weighted by Crippen LogP contribution is 2.47. The lowest BCUT2D eigenvalue weighted by atomic mass is 9.91. The Morgan fingerprint density at radius 2 is 1.67 bits per heavy atom. The van der Waals surface area contributed by atoms with E-state index in [-0.39, 0.29) is 27.4 Å². The lowest BCUT2D eigenvalue weighted by molar-refractivity contribution is -0.240. The average Bonchev–Trinajstić information content (AvgIpc) is 3.05. The van der Waals surface area contributed by atoms with Crippen molar-refractivity contribution in [3.8, 4) is 17.6 Å². The number of nitrogen functional groups attached to an aromatic ring is 1. The van der Waals surface area contributed by atoms with Crippen molar-refractivity contribution in [3.05, 3.63) is 22.7 Å². The number of benzene rings is 1. The smallest absolute Gasteiger partial charge is 0.433 e. The van der Waals surface area contributed by atoms with Gasteiger partial charge in [0.25, 0.3) is 8.32 Å². The highest BCUT2D eigenvalue weighted by Gasteiger charge is 2.56. The predicted molar refractivity (Wildman–Crippen MR) is 118 cm³/mol. The van der Waals surface area contributed by atoms with Gasteiger partial charge in [-0.3, -0.25) is 0 Å². The van der Waals surface area contributed by atoms with Gasteiger partial charge in [0.05, 0.1) is 5.02 Å². The number of hydrogen-bond acceptors (Lipinski definition) is 3. The summed E-state index contributed by atoms with van der Waals surface area (Å²) in [6.07, 6.45) is -10.2.